The molecule has 0 spiro atoms. The van der Waals surface area contributed by atoms with Crippen LogP contribution in [0.4, 0.5) is 0 Å². The maximum Gasteiger partial charge on any atom is 0.273 e. The van der Waals surface area contributed by atoms with Crippen molar-refractivity contribution in [3.8, 4) is 0 Å². The van der Waals surface area contributed by atoms with E-state index < -0.39 is 0 Å². The van der Waals surface area contributed by atoms with Crippen LogP contribution in [0.25, 0.3) is 0 Å². The number of hydrogen-bond donors (Lipinski definition) is 1. The standard InChI is InChI=1S/C17H23N3O2/c1-2-3-4-12-5-8-15(18-10-12)17(22)20-13-6-7-14(20)11-19-16(21)9-13/h5,8,10,13-14H,2-4,6-7,9,11H2,1H3,(H,19,21)/t13-,14+/m1/s1. The molecule has 1 N–H and O–H groups in total. The van der Waals surface area contributed by atoms with Gasteiger partial charge in [-0.25, -0.2) is 0 Å². The molecule has 2 bridgehead atoms. The van der Waals surface area contributed by atoms with Crippen molar-refractivity contribution in [2.45, 2.75) is 57.5 Å². The molecule has 118 valence electrons. The molecule has 1 aromatic rings. The van der Waals surface area contributed by atoms with E-state index in [1.165, 1.54) is 5.56 Å². The molecular formula is C17H23N3O2. The normalized spacial score (nSPS) is 24.0. The maximum atomic E-state index is 12.8. The van der Waals surface area contributed by atoms with Crippen LogP contribution in [0, 0.1) is 0 Å². The van der Waals surface area contributed by atoms with Crippen LogP contribution in [0.1, 0.15) is 55.1 Å². The fourth-order valence-corrected chi connectivity index (χ4v) is 3.42. The van der Waals surface area contributed by atoms with Crippen molar-refractivity contribution in [2.24, 2.45) is 0 Å². The van der Waals surface area contributed by atoms with Crippen LogP contribution in [0.15, 0.2) is 18.3 Å². The SMILES string of the molecule is CCCCc1ccc(C(=O)N2[C@@H]3CC[C@H]2CNC(=O)C3)nc1. The van der Waals surface area contributed by atoms with Crippen molar-refractivity contribution in [1.29, 1.82) is 0 Å². The first-order valence-electron chi connectivity index (χ1n) is 8.23. The predicted molar refractivity (Wildman–Crippen MR) is 83.5 cm³/mol. The molecular weight excluding hydrogens is 278 g/mol. The largest absolute Gasteiger partial charge is 0.354 e. The van der Waals surface area contributed by atoms with Gasteiger partial charge in [-0.3, -0.25) is 14.6 Å². The zero-order valence-corrected chi connectivity index (χ0v) is 13.0. The van der Waals surface area contributed by atoms with Gasteiger partial charge >= 0.3 is 0 Å². The monoisotopic (exact) mass is 301 g/mol. The number of nitrogens with one attached hydrogen (secondary N) is 1. The second kappa shape index (κ2) is 6.46. The minimum atomic E-state index is -0.0361. The Morgan fingerprint density at radius 3 is 2.91 bits per heavy atom. The second-order valence-electron chi connectivity index (χ2n) is 6.26. The fraction of sp³-hybridized carbons (Fsp3) is 0.588. The van der Waals surface area contributed by atoms with E-state index in [0.29, 0.717) is 18.7 Å². The molecule has 22 heavy (non-hydrogen) atoms. The lowest BCUT2D eigenvalue weighted by molar-refractivity contribution is -0.121. The molecule has 3 rings (SSSR count). The molecule has 0 aromatic carbocycles. The third-order valence-electron chi connectivity index (χ3n) is 4.67. The Bertz CT molecular complexity index is 556. The number of rotatable bonds is 4. The molecule has 2 amide bonds. The summed E-state index contributed by atoms with van der Waals surface area (Å²) >= 11 is 0. The number of aryl methyl sites for hydroxylation is 1. The topological polar surface area (TPSA) is 62.3 Å². The summed E-state index contributed by atoms with van der Waals surface area (Å²) in [6, 6.07) is 3.97. The van der Waals surface area contributed by atoms with Crippen molar-refractivity contribution < 1.29 is 9.59 Å². The van der Waals surface area contributed by atoms with Gasteiger partial charge in [0.1, 0.15) is 5.69 Å². The van der Waals surface area contributed by atoms with E-state index in [2.05, 4.69) is 17.2 Å². The van der Waals surface area contributed by atoms with Crippen molar-refractivity contribution in [3.05, 3.63) is 29.6 Å². The molecule has 2 atom stereocenters. The first-order valence-corrected chi connectivity index (χ1v) is 8.23. The van der Waals surface area contributed by atoms with Crippen LogP contribution in [-0.2, 0) is 11.2 Å². The van der Waals surface area contributed by atoms with E-state index in [1.807, 2.05) is 23.2 Å². The van der Waals surface area contributed by atoms with Gasteiger partial charge in [0, 0.05) is 31.2 Å². The molecule has 0 unspecified atom stereocenters. The van der Waals surface area contributed by atoms with Crippen LogP contribution in [0.2, 0.25) is 0 Å². The molecule has 2 saturated heterocycles. The van der Waals surface area contributed by atoms with Gasteiger partial charge in [-0.1, -0.05) is 19.4 Å². The Hall–Kier alpha value is -1.91. The van der Waals surface area contributed by atoms with Gasteiger partial charge in [0.25, 0.3) is 5.91 Å². The summed E-state index contributed by atoms with van der Waals surface area (Å²) in [6.45, 7) is 2.73. The Balaban J connectivity index is 1.74. The summed E-state index contributed by atoms with van der Waals surface area (Å²) in [7, 11) is 0. The van der Waals surface area contributed by atoms with Gasteiger partial charge in [-0.15, -0.1) is 0 Å². The Labute approximate surface area is 131 Å². The highest BCUT2D eigenvalue weighted by atomic mass is 16.2. The molecule has 0 radical (unpaired) electrons. The molecule has 3 heterocycles. The lowest BCUT2D eigenvalue weighted by Gasteiger charge is -2.27. The van der Waals surface area contributed by atoms with E-state index in [-0.39, 0.29) is 23.9 Å². The highest BCUT2D eigenvalue weighted by Crippen LogP contribution is 2.29. The summed E-state index contributed by atoms with van der Waals surface area (Å²) in [5.74, 6) is 0.0129. The highest BCUT2D eigenvalue weighted by Gasteiger charge is 2.40. The third kappa shape index (κ3) is 2.98. The maximum absolute atomic E-state index is 12.8. The van der Waals surface area contributed by atoms with Crippen LogP contribution < -0.4 is 5.32 Å². The molecule has 5 heteroatoms. The summed E-state index contributed by atoms with van der Waals surface area (Å²) in [5, 5.41) is 2.89. The summed E-state index contributed by atoms with van der Waals surface area (Å²) in [4.78, 5) is 30.7. The van der Waals surface area contributed by atoms with Crippen molar-refractivity contribution in [2.75, 3.05) is 6.54 Å². The van der Waals surface area contributed by atoms with E-state index in [0.717, 1.165) is 32.1 Å². The molecule has 1 aromatic heterocycles. The number of amides is 2. The number of unbranched alkanes of at least 4 members (excludes halogenated alkanes) is 1. The number of pyridine rings is 1. The first kappa shape index (κ1) is 15.0. The van der Waals surface area contributed by atoms with E-state index in [1.54, 1.807) is 0 Å². The molecule has 2 aliphatic heterocycles. The molecule has 2 aliphatic rings. The summed E-state index contributed by atoms with van der Waals surface area (Å²) in [5.41, 5.74) is 1.67. The number of carbonyl (C=O) groups excluding carboxylic acids is 2. The lowest BCUT2D eigenvalue weighted by atomic mass is 10.1. The second-order valence-corrected chi connectivity index (χ2v) is 6.26. The van der Waals surface area contributed by atoms with Gasteiger partial charge in [-0.2, -0.15) is 0 Å². The smallest absolute Gasteiger partial charge is 0.273 e. The predicted octanol–water partition coefficient (Wildman–Crippen LogP) is 1.92. The Kier molecular flexibility index (Phi) is 4.41. The van der Waals surface area contributed by atoms with Gasteiger partial charge in [0.2, 0.25) is 5.91 Å². The Morgan fingerprint density at radius 2 is 2.18 bits per heavy atom. The van der Waals surface area contributed by atoms with Crippen molar-refractivity contribution >= 4 is 11.8 Å². The quantitative estimate of drug-likeness (QED) is 0.924. The summed E-state index contributed by atoms with van der Waals surface area (Å²) < 4.78 is 0. The minimum absolute atomic E-state index is 0.0292. The number of hydrogen-bond acceptors (Lipinski definition) is 3. The average Bonchev–Trinajstić information content (AvgIpc) is 2.84. The van der Waals surface area contributed by atoms with Gasteiger partial charge < -0.3 is 10.2 Å². The Morgan fingerprint density at radius 1 is 1.36 bits per heavy atom. The number of aromatic nitrogens is 1. The molecule has 2 fully saturated rings. The molecule has 5 nitrogen and oxygen atoms in total. The minimum Gasteiger partial charge on any atom is -0.354 e. The molecule has 0 saturated carbocycles. The van der Waals surface area contributed by atoms with Gasteiger partial charge in [0.05, 0.1) is 0 Å². The van der Waals surface area contributed by atoms with Crippen molar-refractivity contribution in [1.82, 2.24) is 15.2 Å². The van der Waals surface area contributed by atoms with Crippen LogP contribution in [0.3, 0.4) is 0 Å². The number of fused-ring (bicyclic) bond motifs is 2. The van der Waals surface area contributed by atoms with E-state index >= 15 is 0 Å². The highest BCUT2D eigenvalue weighted by molar-refractivity contribution is 5.93. The fourth-order valence-electron chi connectivity index (χ4n) is 3.42. The van der Waals surface area contributed by atoms with Crippen LogP contribution in [-0.4, -0.2) is 40.3 Å². The third-order valence-corrected chi connectivity index (χ3v) is 4.67. The molecule has 0 aliphatic carbocycles. The number of carbonyl (C=O) groups is 2. The van der Waals surface area contributed by atoms with E-state index in [4.69, 9.17) is 0 Å². The van der Waals surface area contributed by atoms with Crippen molar-refractivity contribution in [3.63, 3.8) is 0 Å². The lowest BCUT2D eigenvalue weighted by Crippen LogP contribution is -2.42. The average molecular weight is 301 g/mol. The zero-order chi connectivity index (χ0) is 15.5. The van der Waals surface area contributed by atoms with Gasteiger partial charge in [0.15, 0.2) is 0 Å². The van der Waals surface area contributed by atoms with Crippen LogP contribution >= 0.6 is 0 Å². The zero-order valence-electron chi connectivity index (χ0n) is 13.0. The first-order chi connectivity index (χ1) is 10.7. The number of nitrogens with zero attached hydrogens (tertiary/aromatic N) is 2. The van der Waals surface area contributed by atoms with Crippen LogP contribution in [0.5, 0.6) is 0 Å². The summed E-state index contributed by atoms with van der Waals surface area (Å²) in [6.07, 6.45) is 7.40. The van der Waals surface area contributed by atoms with E-state index in [9.17, 15) is 9.59 Å². The van der Waals surface area contributed by atoms with Gasteiger partial charge in [-0.05, 0) is 37.3 Å².